The molecule has 0 radical (unpaired) electrons. The summed E-state index contributed by atoms with van der Waals surface area (Å²) in [5.74, 6) is 1.08. The molecule has 162 valence electrons. The van der Waals surface area contributed by atoms with Crippen LogP contribution < -0.4 is 19.0 Å². The first-order valence-electron chi connectivity index (χ1n) is 9.82. The van der Waals surface area contributed by atoms with E-state index in [-0.39, 0.29) is 17.5 Å². The van der Waals surface area contributed by atoms with Crippen LogP contribution in [0.25, 0.3) is 6.08 Å². The minimum Gasteiger partial charge on any atom is -0.493 e. The minimum absolute atomic E-state index is 0.0984. The van der Waals surface area contributed by atoms with Gasteiger partial charge in [0.05, 0.1) is 27.5 Å². The van der Waals surface area contributed by atoms with E-state index in [2.05, 4.69) is 4.98 Å². The lowest BCUT2D eigenvalue weighted by atomic mass is 10.1. The molecule has 2 fully saturated rings. The highest BCUT2D eigenvalue weighted by molar-refractivity contribution is 6.07. The van der Waals surface area contributed by atoms with Crippen LogP contribution in [-0.4, -0.2) is 60.7 Å². The van der Waals surface area contributed by atoms with Crippen LogP contribution in [-0.2, 0) is 9.59 Å². The van der Waals surface area contributed by atoms with Gasteiger partial charge in [0.2, 0.25) is 5.75 Å². The third-order valence-corrected chi connectivity index (χ3v) is 5.26. The van der Waals surface area contributed by atoms with Crippen molar-refractivity contribution in [1.29, 1.82) is 0 Å². The minimum atomic E-state index is -0.527. The van der Waals surface area contributed by atoms with Gasteiger partial charge in [-0.05, 0) is 48.7 Å². The Hall–Kier alpha value is -3.75. The average molecular weight is 425 g/mol. The van der Waals surface area contributed by atoms with Crippen LogP contribution in [0.15, 0.2) is 42.4 Å². The first-order valence-corrected chi connectivity index (χ1v) is 9.82. The molecule has 3 heterocycles. The van der Waals surface area contributed by atoms with Crippen molar-refractivity contribution in [2.45, 2.75) is 18.9 Å². The number of rotatable bonds is 6. The molecule has 1 atom stereocenters. The van der Waals surface area contributed by atoms with Gasteiger partial charge in [0.25, 0.3) is 11.8 Å². The molecule has 0 bridgehead atoms. The van der Waals surface area contributed by atoms with Crippen LogP contribution in [0.4, 0.5) is 0 Å². The molecule has 2 aromatic rings. The molecule has 9 nitrogen and oxygen atoms in total. The first kappa shape index (κ1) is 20.5. The van der Waals surface area contributed by atoms with Gasteiger partial charge < -0.3 is 23.9 Å². The number of hydrogen-bond acceptors (Lipinski definition) is 7. The number of methoxy groups -OCH3 is 3. The van der Waals surface area contributed by atoms with E-state index in [4.69, 9.17) is 19.0 Å². The maximum atomic E-state index is 13.3. The van der Waals surface area contributed by atoms with Crippen molar-refractivity contribution in [2.75, 3.05) is 27.9 Å². The van der Waals surface area contributed by atoms with Gasteiger partial charge in [0, 0.05) is 12.7 Å². The van der Waals surface area contributed by atoms with E-state index >= 15 is 0 Å². The normalized spacial score (nSPS) is 19.5. The Morgan fingerprint density at radius 2 is 1.84 bits per heavy atom. The van der Waals surface area contributed by atoms with Gasteiger partial charge in [-0.15, -0.1) is 5.06 Å². The predicted octanol–water partition coefficient (Wildman–Crippen LogP) is 2.28. The van der Waals surface area contributed by atoms with Crippen LogP contribution in [0.2, 0.25) is 0 Å². The van der Waals surface area contributed by atoms with Crippen molar-refractivity contribution in [3.63, 3.8) is 0 Å². The maximum Gasteiger partial charge on any atom is 0.282 e. The zero-order valence-electron chi connectivity index (χ0n) is 17.5. The van der Waals surface area contributed by atoms with E-state index in [9.17, 15) is 9.59 Å². The highest BCUT2D eigenvalue weighted by Crippen LogP contribution is 2.39. The summed E-state index contributed by atoms with van der Waals surface area (Å²) >= 11 is 0. The molecule has 1 aromatic heterocycles. The lowest BCUT2D eigenvalue weighted by molar-refractivity contribution is -0.168. The topological polar surface area (TPSA) is 90.4 Å². The number of benzene rings is 1. The highest BCUT2D eigenvalue weighted by Gasteiger charge is 2.46. The van der Waals surface area contributed by atoms with Gasteiger partial charge in [0.15, 0.2) is 17.2 Å². The van der Waals surface area contributed by atoms with Gasteiger partial charge in [-0.3, -0.25) is 14.6 Å². The summed E-state index contributed by atoms with van der Waals surface area (Å²) in [5, 5.41) is 1.06. The third-order valence-electron chi connectivity index (χ3n) is 5.26. The zero-order valence-corrected chi connectivity index (χ0v) is 17.5. The molecule has 0 unspecified atom stereocenters. The van der Waals surface area contributed by atoms with Crippen LogP contribution >= 0.6 is 0 Å². The molecular weight excluding hydrogens is 402 g/mol. The van der Waals surface area contributed by atoms with E-state index < -0.39 is 6.04 Å². The lowest BCUT2D eigenvalue weighted by Crippen LogP contribution is -2.56. The second-order valence-electron chi connectivity index (χ2n) is 7.06. The van der Waals surface area contributed by atoms with Gasteiger partial charge in [-0.25, -0.2) is 0 Å². The summed E-state index contributed by atoms with van der Waals surface area (Å²) in [4.78, 5) is 37.9. The van der Waals surface area contributed by atoms with Crippen molar-refractivity contribution in [3.05, 3.63) is 47.9 Å². The summed E-state index contributed by atoms with van der Waals surface area (Å²) in [6.45, 7) is 0.530. The van der Waals surface area contributed by atoms with Crippen molar-refractivity contribution < 1.29 is 28.6 Å². The summed E-state index contributed by atoms with van der Waals surface area (Å²) in [5.41, 5.74) is 0.685. The van der Waals surface area contributed by atoms with Crippen molar-refractivity contribution in [2.24, 2.45) is 0 Å². The quantitative estimate of drug-likeness (QED) is 0.656. The van der Waals surface area contributed by atoms with Gasteiger partial charge >= 0.3 is 0 Å². The maximum absolute atomic E-state index is 13.3. The molecule has 0 aliphatic carbocycles. The molecule has 0 N–H and O–H groups in total. The van der Waals surface area contributed by atoms with Gasteiger partial charge in [-0.1, -0.05) is 0 Å². The fraction of sp³-hybridized carbons (Fsp3) is 0.318. The van der Waals surface area contributed by atoms with E-state index in [1.807, 2.05) is 0 Å². The Kier molecular flexibility index (Phi) is 5.66. The van der Waals surface area contributed by atoms with Gasteiger partial charge in [0.1, 0.15) is 11.7 Å². The van der Waals surface area contributed by atoms with Crippen LogP contribution in [0.3, 0.4) is 0 Å². The molecule has 2 aliphatic rings. The standard InChI is InChI=1S/C22H23N3O6/c1-28-18-11-14(12-19(29-2)20(18)30-3)10-17-21(26)24-9-5-7-16(24)22(27)25(17)31-15-6-4-8-23-13-15/h4,6,8,10-13,16H,5,7,9H2,1-3H3/b17-10+/t16-/m0/s1. The molecule has 31 heavy (non-hydrogen) atoms. The lowest BCUT2D eigenvalue weighted by Gasteiger charge is -2.36. The number of hydroxylamine groups is 2. The van der Waals surface area contributed by atoms with E-state index in [0.717, 1.165) is 11.5 Å². The van der Waals surface area contributed by atoms with Crippen molar-refractivity contribution in [3.8, 4) is 23.0 Å². The van der Waals surface area contributed by atoms with Crippen LogP contribution in [0.5, 0.6) is 23.0 Å². The zero-order chi connectivity index (χ0) is 22.0. The average Bonchev–Trinajstić information content (AvgIpc) is 3.30. The monoisotopic (exact) mass is 425 g/mol. The molecule has 2 amide bonds. The predicted molar refractivity (Wildman–Crippen MR) is 111 cm³/mol. The third kappa shape index (κ3) is 3.74. The molecule has 0 spiro atoms. The number of ether oxygens (including phenoxy) is 3. The second kappa shape index (κ2) is 8.55. The molecular formula is C22H23N3O6. The fourth-order valence-electron chi connectivity index (χ4n) is 3.82. The first-order chi connectivity index (χ1) is 15.1. The van der Waals surface area contributed by atoms with Crippen molar-refractivity contribution >= 4 is 17.9 Å². The molecule has 2 saturated heterocycles. The number of amides is 2. The van der Waals surface area contributed by atoms with E-state index in [1.54, 1.807) is 41.4 Å². The number of piperazine rings is 1. The number of fused-ring (bicyclic) bond motifs is 1. The summed E-state index contributed by atoms with van der Waals surface area (Å²) in [6.07, 6.45) is 6.03. The Labute approximate surface area is 179 Å². The SMILES string of the molecule is COc1cc(/C=C2\C(=O)N3CCC[C@H]3C(=O)N2Oc2cccnc2)cc(OC)c1OC. The largest absolute Gasteiger partial charge is 0.493 e. The number of hydrogen-bond donors (Lipinski definition) is 0. The second-order valence-corrected chi connectivity index (χ2v) is 7.06. The molecule has 4 rings (SSSR count). The summed E-state index contributed by atoms with van der Waals surface area (Å²) < 4.78 is 16.2. The number of carbonyl (C=O) groups is 2. The molecule has 2 aliphatic heterocycles. The van der Waals surface area contributed by atoms with Gasteiger partial charge in [-0.2, -0.15) is 0 Å². The van der Waals surface area contributed by atoms with Crippen molar-refractivity contribution in [1.82, 2.24) is 14.9 Å². The highest BCUT2D eigenvalue weighted by atomic mass is 16.7. The van der Waals surface area contributed by atoms with E-state index in [0.29, 0.717) is 41.5 Å². The Bertz CT molecular complexity index is 998. The smallest absolute Gasteiger partial charge is 0.282 e. The Morgan fingerprint density at radius 3 is 2.45 bits per heavy atom. The van der Waals surface area contributed by atoms with Crippen LogP contribution in [0, 0.1) is 0 Å². The summed E-state index contributed by atoms with van der Waals surface area (Å²) in [6, 6.07) is 6.23. The summed E-state index contributed by atoms with van der Waals surface area (Å²) in [7, 11) is 4.53. The number of aromatic nitrogens is 1. The number of pyridine rings is 1. The number of carbonyl (C=O) groups excluding carboxylic acids is 2. The number of nitrogens with zero attached hydrogens (tertiary/aromatic N) is 3. The Balaban J connectivity index is 1.79. The molecule has 9 heteroatoms. The molecule has 0 saturated carbocycles. The Morgan fingerprint density at radius 1 is 1.10 bits per heavy atom. The molecule has 1 aromatic carbocycles. The van der Waals surface area contributed by atoms with Crippen LogP contribution in [0.1, 0.15) is 18.4 Å². The fourth-order valence-corrected chi connectivity index (χ4v) is 3.82. The van der Waals surface area contributed by atoms with E-state index in [1.165, 1.54) is 27.5 Å².